The molecule has 3 amide bonds. The third-order valence-electron chi connectivity index (χ3n) is 2.39. The van der Waals surface area contributed by atoms with Crippen molar-refractivity contribution >= 4 is 17.7 Å². The molecule has 0 aromatic carbocycles. The lowest BCUT2D eigenvalue weighted by atomic mass is 10.1. The van der Waals surface area contributed by atoms with E-state index in [1.807, 2.05) is 0 Å². The summed E-state index contributed by atoms with van der Waals surface area (Å²) < 4.78 is 0. The largest absolute Gasteiger partial charge is 0.340 e. The lowest BCUT2D eigenvalue weighted by molar-refractivity contribution is -0.134. The van der Waals surface area contributed by atoms with Gasteiger partial charge in [0.15, 0.2) is 0 Å². The quantitative estimate of drug-likeness (QED) is 0.640. The Morgan fingerprint density at radius 1 is 1.41 bits per heavy atom. The van der Waals surface area contributed by atoms with E-state index in [0.717, 1.165) is 0 Å². The standard InChI is InChI=1S/C10H10N4O3/c15-8-2-1-7(10(17)14-8)13-9(16)6-3-4-11-12-5-6/h3-5,7H,1-2H2,(H,13,16)(H,14,15,17). The van der Waals surface area contributed by atoms with E-state index < -0.39 is 17.9 Å². The maximum absolute atomic E-state index is 11.7. The molecule has 0 bridgehead atoms. The highest BCUT2D eigenvalue weighted by Crippen LogP contribution is 2.05. The Hall–Kier alpha value is -2.31. The summed E-state index contributed by atoms with van der Waals surface area (Å²) in [7, 11) is 0. The second-order valence-corrected chi connectivity index (χ2v) is 3.61. The van der Waals surface area contributed by atoms with E-state index in [9.17, 15) is 14.4 Å². The van der Waals surface area contributed by atoms with Gasteiger partial charge in [0.25, 0.3) is 5.91 Å². The Morgan fingerprint density at radius 3 is 2.88 bits per heavy atom. The number of carbonyl (C=O) groups excluding carboxylic acids is 3. The Bertz CT molecular complexity index is 460. The first-order valence-electron chi connectivity index (χ1n) is 5.08. The maximum Gasteiger partial charge on any atom is 0.253 e. The molecule has 0 aliphatic carbocycles. The van der Waals surface area contributed by atoms with Gasteiger partial charge in [0.1, 0.15) is 6.04 Å². The fourth-order valence-corrected chi connectivity index (χ4v) is 1.50. The predicted octanol–water partition coefficient (Wildman–Crippen LogP) is -0.988. The van der Waals surface area contributed by atoms with Crippen LogP contribution >= 0.6 is 0 Å². The van der Waals surface area contributed by atoms with Crippen LogP contribution in [-0.2, 0) is 9.59 Å². The number of rotatable bonds is 2. The molecule has 1 atom stereocenters. The van der Waals surface area contributed by atoms with Gasteiger partial charge in [0.2, 0.25) is 11.8 Å². The Morgan fingerprint density at radius 2 is 2.24 bits per heavy atom. The van der Waals surface area contributed by atoms with Crippen LogP contribution in [0.3, 0.4) is 0 Å². The van der Waals surface area contributed by atoms with Gasteiger partial charge in [-0.05, 0) is 12.5 Å². The first kappa shape index (κ1) is 11.2. The molecule has 2 N–H and O–H groups in total. The smallest absolute Gasteiger partial charge is 0.253 e. The third kappa shape index (κ3) is 2.63. The van der Waals surface area contributed by atoms with E-state index in [1.165, 1.54) is 18.5 Å². The minimum atomic E-state index is -0.673. The average molecular weight is 234 g/mol. The van der Waals surface area contributed by atoms with E-state index >= 15 is 0 Å². The molecule has 7 nitrogen and oxygen atoms in total. The van der Waals surface area contributed by atoms with Crippen LogP contribution in [0.2, 0.25) is 0 Å². The van der Waals surface area contributed by atoms with Crippen molar-refractivity contribution in [2.45, 2.75) is 18.9 Å². The number of carbonyl (C=O) groups is 3. The van der Waals surface area contributed by atoms with Crippen molar-refractivity contribution in [1.82, 2.24) is 20.8 Å². The van der Waals surface area contributed by atoms with Crippen molar-refractivity contribution in [3.63, 3.8) is 0 Å². The molecule has 2 heterocycles. The summed E-state index contributed by atoms with van der Waals surface area (Å²) in [4.78, 5) is 34.0. The molecule has 0 radical (unpaired) electrons. The number of nitrogens with zero attached hydrogens (tertiary/aromatic N) is 2. The van der Waals surface area contributed by atoms with Gasteiger partial charge >= 0.3 is 0 Å². The van der Waals surface area contributed by atoms with E-state index in [-0.39, 0.29) is 12.3 Å². The van der Waals surface area contributed by atoms with Crippen LogP contribution in [0, 0.1) is 0 Å². The molecule has 1 aromatic heterocycles. The highest BCUT2D eigenvalue weighted by Gasteiger charge is 2.27. The van der Waals surface area contributed by atoms with Crippen LogP contribution in [0.15, 0.2) is 18.5 Å². The van der Waals surface area contributed by atoms with Crippen LogP contribution in [0.1, 0.15) is 23.2 Å². The van der Waals surface area contributed by atoms with Crippen molar-refractivity contribution in [2.75, 3.05) is 0 Å². The topological polar surface area (TPSA) is 101 Å². The van der Waals surface area contributed by atoms with Gasteiger partial charge in [-0.25, -0.2) is 0 Å². The van der Waals surface area contributed by atoms with E-state index in [1.54, 1.807) is 0 Å². The summed E-state index contributed by atoms with van der Waals surface area (Å²) in [6, 6.07) is 0.821. The van der Waals surface area contributed by atoms with Gasteiger partial charge in [-0.3, -0.25) is 19.7 Å². The second-order valence-electron chi connectivity index (χ2n) is 3.61. The van der Waals surface area contributed by atoms with E-state index in [0.29, 0.717) is 12.0 Å². The lowest BCUT2D eigenvalue weighted by Crippen LogP contribution is -2.52. The van der Waals surface area contributed by atoms with Crippen LogP contribution in [0.5, 0.6) is 0 Å². The van der Waals surface area contributed by atoms with Gasteiger partial charge in [0, 0.05) is 6.42 Å². The molecular weight excluding hydrogens is 224 g/mol. The molecule has 0 saturated carbocycles. The molecule has 1 aliphatic rings. The van der Waals surface area contributed by atoms with Crippen LogP contribution in [0.25, 0.3) is 0 Å². The summed E-state index contributed by atoms with van der Waals surface area (Å²) >= 11 is 0. The van der Waals surface area contributed by atoms with Crippen LogP contribution < -0.4 is 10.6 Å². The Labute approximate surface area is 96.6 Å². The SMILES string of the molecule is O=C1CCC(NC(=O)c2ccnnc2)C(=O)N1. The molecule has 2 rings (SSSR count). The van der Waals surface area contributed by atoms with Gasteiger partial charge in [-0.15, -0.1) is 0 Å². The molecular formula is C10H10N4O3. The number of piperidine rings is 1. The number of nitrogens with one attached hydrogen (secondary N) is 2. The minimum absolute atomic E-state index is 0.227. The first-order valence-corrected chi connectivity index (χ1v) is 5.08. The molecule has 1 aliphatic heterocycles. The molecule has 1 saturated heterocycles. The number of amides is 3. The second kappa shape index (κ2) is 4.69. The highest BCUT2D eigenvalue weighted by molar-refractivity contribution is 6.03. The average Bonchev–Trinajstić information content (AvgIpc) is 2.34. The van der Waals surface area contributed by atoms with Crippen molar-refractivity contribution in [3.05, 3.63) is 24.0 Å². The summed E-state index contributed by atoms with van der Waals surface area (Å²) in [5.74, 6) is -1.20. The van der Waals surface area contributed by atoms with Crippen molar-refractivity contribution in [1.29, 1.82) is 0 Å². The number of imide groups is 1. The van der Waals surface area contributed by atoms with E-state index in [4.69, 9.17) is 0 Å². The monoisotopic (exact) mass is 234 g/mol. The molecule has 0 spiro atoms. The normalized spacial score (nSPS) is 19.6. The van der Waals surface area contributed by atoms with Crippen molar-refractivity contribution < 1.29 is 14.4 Å². The Balaban J connectivity index is 2.00. The molecule has 1 aromatic rings. The fraction of sp³-hybridized carbons (Fsp3) is 0.300. The molecule has 88 valence electrons. The van der Waals surface area contributed by atoms with Crippen LogP contribution in [0.4, 0.5) is 0 Å². The van der Waals surface area contributed by atoms with Gasteiger partial charge in [-0.1, -0.05) is 0 Å². The van der Waals surface area contributed by atoms with Crippen molar-refractivity contribution in [2.24, 2.45) is 0 Å². The van der Waals surface area contributed by atoms with Gasteiger partial charge in [-0.2, -0.15) is 10.2 Å². The predicted molar refractivity (Wildman–Crippen MR) is 55.7 cm³/mol. The molecule has 17 heavy (non-hydrogen) atoms. The lowest BCUT2D eigenvalue weighted by Gasteiger charge is -2.21. The zero-order valence-electron chi connectivity index (χ0n) is 8.84. The maximum atomic E-state index is 11.7. The first-order chi connectivity index (χ1) is 8.16. The van der Waals surface area contributed by atoms with E-state index in [2.05, 4.69) is 20.8 Å². The zero-order valence-corrected chi connectivity index (χ0v) is 8.84. The highest BCUT2D eigenvalue weighted by atomic mass is 16.2. The number of hydrogen-bond donors (Lipinski definition) is 2. The summed E-state index contributed by atoms with van der Waals surface area (Å²) in [5.41, 5.74) is 0.324. The third-order valence-corrected chi connectivity index (χ3v) is 2.39. The minimum Gasteiger partial charge on any atom is -0.340 e. The van der Waals surface area contributed by atoms with Gasteiger partial charge < -0.3 is 5.32 Å². The van der Waals surface area contributed by atoms with Crippen molar-refractivity contribution in [3.8, 4) is 0 Å². The number of hydrogen-bond acceptors (Lipinski definition) is 5. The summed E-state index contributed by atoms with van der Waals surface area (Å²) in [6.45, 7) is 0. The molecule has 7 heteroatoms. The Kier molecular flexibility index (Phi) is 3.08. The molecule has 1 unspecified atom stereocenters. The number of aromatic nitrogens is 2. The van der Waals surface area contributed by atoms with Crippen LogP contribution in [-0.4, -0.2) is 34.0 Å². The van der Waals surface area contributed by atoms with Gasteiger partial charge in [0.05, 0.1) is 18.0 Å². The fourth-order valence-electron chi connectivity index (χ4n) is 1.50. The summed E-state index contributed by atoms with van der Waals surface area (Å²) in [5, 5.41) is 11.8. The zero-order chi connectivity index (χ0) is 12.3. The molecule has 1 fully saturated rings. The summed E-state index contributed by atoms with van der Waals surface area (Å²) in [6.07, 6.45) is 3.24.